The van der Waals surface area contributed by atoms with Crippen LogP contribution in [0.1, 0.15) is 10.5 Å². The van der Waals surface area contributed by atoms with E-state index in [0.717, 1.165) is 0 Å². The van der Waals surface area contributed by atoms with Crippen LogP contribution in [0.15, 0.2) is 39.8 Å². The Labute approximate surface area is 105 Å². The molecule has 0 atom stereocenters. The van der Waals surface area contributed by atoms with E-state index in [9.17, 15) is 13.6 Å². The third kappa shape index (κ3) is 2.67. The highest BCUT2D eigenvalue weighted by atomic mass is 32.2. The van der Waals surface area contributed by atoms with Gasteiger partial charge in [0.25, 0.3) is 5.76 Å². The lowest BCUT2D eigenvalue weighted by atomic mass is 10.1. The van der Waals surface area contributed by atoms with Crippen LogP contribution in [0.4, 0.5) is 8.78 Å². The predicted octanol–water partition coefficient (Wildman–Crippen LogP) is 3.35. The summed E-state index contributed by atoms with van der Waals surface area (Å²) in [4.78, 5) is 11.0. The number of carboxylic acid groups (broad SMARTS) is 1. The Balaban J connectivity index is 2.39. The Morgan fingerprint density at radius 1 is 1.39 bits per heavy atom. The first-order valence-electron chi connectivity index (χ1n) is 4.82. The van der Waals surface area contributed by atoms with Gasteiger partial charge < -0.3 is 9.63 Å². The molecule has 0 fully saturated rings. The van der Waals surface area contributed by atoms with Crippen LogP contribution in [0.2, 0.25) is 0 Å². The number of rotatable bonds is 4. The minimum Gasteiger partial charge on any atom is -0.476 e. The second-order valence-electron chi connectivity index (χ2n) is 3.26. The second kappa shape index (κ2) is 5.18. The van der Waals surface area contributed by atoms with E-state index in [1.807, 2.05) is 0 Å². The van der Waals surface area contributed by atoms with Crippen molar-refractivity contribution in [2.75, 3.05) is 0 Å². The second-order valence-corrected chi connectivity index (χ2v) is 4.29. The Hall–Kier alpha value is -1.89. The molecule has 0 aliphatic rings. The monoisotopic (exact) mass is 271 g/mol. The molecule has 2 aromatic rings. The SMILES string of the molecule is O=C(O)c1cc(-c2ccccc2SC(F)F)on1. The van der Waals surface area contributed by atoms with Crippen LogP contribution in [0.5, 0.6) is 0 Å². The Kier molecular flexibility index (Phi) is 3.61. The maximum absolute atomic E-state index is 12.4. The zero-order chi connectivity index (χ0) is 13.1. The van der Waals surface area contributed by atoms with Crippen molar-refractivity contribution in [1.82, 2.24) is 5.16 Å². The average molecular weight is 271 g/mol. The molecular formula is C11H7F2NO3S. The highest BCUT2D eigenvalue weighted by molar-refractivity contribution is 7.99. The van der Waals surface area contributed by atoms with E-state index in [2.05, 4.69) is 5.16 Å². The summed E-state index contributed by atoms with van der Waals surface area (Å²) in [5.41, 5.74) is 0.129. The smallest absolute Gasteiger partial charge is 0.358 e. The number of hydrogen-bond donors (Lipinski definition) is 1. The number of benzene rings is 1. The number of carboxylic acids is 1. The molecule has 0 radical (unpaired) electrons. The van der Waals surface area contributed by atoms with Gasteiger partial charge in [-0.1, -0.05) is 29.1 Å². The number of hydrogen-bond acceptors (Lipinski definition) is 4. The molecule has 0 saturated heterocycles. The highest BCUT2D eigenvalue weighted by Crippen LogP contribution is 2.34. The molecule has 1 aromatic heterocycles. The summed E-state index contributed by atoms with van der Waals surface area (Å²) >= 11 is 0.369. The van der Waals surface area contributed by atoms with Gasteiger partial charge in [0.1, 0.15) is 0 Å². The van der Waals surface area contributed by atoms with Crippen molar-refractivity contribution < 1.29 is 23.2 Å². The lowest BCUT2D eigenvalue weighted by molar-refractivity contribution is 0.0686. The molecule has 0 aliphatic heterocycles. The van der Waals surface area contributed by atoms with E-state index >= 15 is 0 Å². The lowest BCUT2D eigenvalue weighted by Gasteiger charge is -2.04. The molecular weight excluding hydrogens is 264 g/mol. The van der Waals surface area contributed by atoms with Crippen molar-refractivity contribution in [1.29, 1.82) is 0 Å². The number of aromatic carboxylic acids is 1. The lowest BCUT2D eigenvalue weighted by Crippen LogP contribution is -1.94. The van der Waals surface area contributed by atoms with Gasteiger partial charge in [0, 0.05) is 16.5 Å². The minimum absolute atomic E-state index is 0.149. The molecule has 18 heavy (non-hydrogen) atoms. The molecule has 0 bridgehead atoms. The summed E-state index contributed by atoms with van der Waals surface area (Å²) < 4.78 is 29.6. The fraction of sp³-hybridized carbons (Fsp3) is 0.0909. The zero-order valence-corrected chi connectivity index (χ0v) is 9.66. The van der Waals surface area contributed by atoms with Gasteiger partial charge in [0.15, 0.2) is 11.5 Å². The van der Waals surface area contributed by atoms with Gasteiger partial charge in [0.2, 0.25) is 0 Å². The maximum Gasteiger partial charge on any atom is 0.358 e. The molecule has 1 N–H and O–H groups in total. The predicted molar refractivity (Wildman–Crippen MR) is 60.8 cm³/mol. The molecule has 1 heterocycles. The molecule has 0 aliphatic carbocycles. The number of thioether (sulfide) groups is 1. The minimum atomic E-state index is -2.56. The van der Waals surface area contributed by atoms with Gasteiger partial charge in [-0.25, -0.2) is 4.79 Å². The molecule has 4 nitrogen and oxygen atoms in total. The molecule has 0 spiro atoms. The fourth-order valence-electron chi connectivity index (χ4n) is 1.37. The van der Waals surface area contributed by atoms with Crippen molar-refractivity contribution in [2.45, 2.75) is 10.7 Å². The summed E-state index contributed by atoms with van der Waals surface area (Å²) in [6.07, 6.45) is 0. The summed E-state index contributed by atoms with van der Waals surface area (Å²) in [5, 5.41) is 12.1. The van der Waals surface area contributed by atoms with E-state index in [4.69, 9.17) is 9.63 Å². The van der Waals surface area contributed by atoms with E-state index in [1.54, 1.807) is 18.2 Å². The number of alkyl halides is 2. The molecule has 0 saturated carbocycles. The van der Waals surface area contributed by atoms with Crippen LogP contribution in [0.25, 0.3) is 11.3 Å². The van der Waals surface area contributed by atoms with Crippen molar-refractivity contribution in [3.63, 3.8) is 0 Å². The summed E-state index contributed by atoms with van der Waals surface area (Å²) in [6.45, 7) is 0. The van der Waals surface area contributed by atoms with Gasteiger partial charge in [-0.2, -0.15) is 8.78 Å². The third-order valence-electron chi connectivity index (χ3n) is 2.10. The number of nitrogens with zero attached hydrogens (tertiary/aromatic N) is 1. The number of halogens is 2. The van der Waals surface area contributed by atoms with Crippen LogP contribution >= 0.6 is 11.8 Å². The highest BCUT2D eigenvalue weighted by Gasteiger charge is 2.16. The quantitative estimate of drug-likeness (QED) is 0.864. The number of aromatic nitrogens is 1. The van der Waals surface area contributed by atoms with Crippen molar-refractivity contribution in [2.24, 2.45) is 0 Å². The van der Waals surface area contributed by atoms with Crippen LogP contribution in [-0.4, -0.2) is 22.0 Å². The van der Waals surface area contributed by atoms with Crippen molar-refractivity contribution in [3.8, 4) is 11.3 Å². The zero-order valence-electron chi connectivity index (χ0n) is 8.84. The Bertz CT molecular complexity index is 571. The molecule has 2 rings (SSSR count). The van der Waals surface area contributed by atoms with Crippen LogP contribution < -0.4 is 0 Å². The molecule has 0 amide bonds. The van der Waals surface area contributed by atoms with E-state index in [-0.39, 0.29) is 11.5 Å². The van der Waals surface area contributed by atoms with Crippen LogP contribution in [-0.2, 0) is 0 Å². The van der Waals surface area contributed by atoms with Crippen molar-refractivity contribution >= 4 is 17.7 Å². The summed E-state index contributed by atoms with van der Waals surface area (Å²) in [5.74, 6) is -3.65. The van der Waals surface area contributed by atoms with Gasteiger partial charge in [0.05, 0.1) is 0 Å². The molecule has 94 valence electrons. The first-order valence-corrected chi connectivity index (χ1v) is 5.70. The van der Waals surface area contributed by atoms with E-state index < -0.39 is 11.7 Å². The van der Waals surface area contributed by atoms with Gasteiger partial charge in [-0.3, -0.25) is 0 Å². The maximum atomic E-state index is 12.4. The third-order valence-corrected chi connectivity index (χ3v) is 2.89. The van der Waals surface area contributed by atoms with Gasteiger partial charge in [-0.05, 0) is 12.1 Å². The topological polar surface area (TPSA) is 63.3 Å². The first-order chi connectivity index (χ1) is 8.58. The van der Waals surface area contributed by atoms with Crippen LogP contribution in [0, 0.1) is 0 Å². The largest absolute Gasteiger partial charge is 0.476 e. The first kappa shape index (κ1) is 12.6. The van der Waals surface area contributed by atoms with Gasteiger partial charge in [-0.15, -0.1) is 0 Å². The molecule has 1 aromatic carbocycles. The molecule has 0 unspecified atom stereocenters. The standard InChI is InChI=1S/C11H7F2NO3S/c12-11(13)18-9-4-2-1-3-6(9)8-5-7(10(15)16)14-17-8/h1-5,11H,(H,15,16). The average Bonchev–Trinajstić information content (AvgIpc) is 2.78. The van der Waals surface area contributed by atoms with Gasteiger partial charge >= 0.3 is 5.97 Å². The van der Waals surface area contributed by atoms with Crippen LogP contribution in [0.3, 0.4) is 0 Å². The fourth-order valence-corrected chi connectivity index (χ4v) is 2.02. The normalized spacial score (nSPS) is 10.8. The van der Waals surface area contributed by atoms with Crippen molar-refractivity contribution in [3.05, 3.63) is 36.0 Å². The Morgan fingerprint density at radius 3 is 2.72 bits per heavy atom. The summed E-state index contributed by atoms with van der Waals surface area (Å²) in [7, 11) is 0. The van der Waals surface area contributed by atoms with E-state index in [0.29, 0.717) is 22.2 Å². The Morgan fingerprint density at radius 2 is 2.11 bits per heavy atom. The number of carbonyl (C=O) groups is 1. The summed E-state index contributed by atoms with van der Waals surface area (Å²) in [6, 6.07) is 7.54. The molecule has 7 heteroatoms. The van der Waals surface area contributed by atoms with E-state index in [1.165, 1.54) is 12.1 Å².